The fourth-order valence-electron chi connectivity index (χ4n) is 1.26. The lowest BCUT2D eigenvalue weighted by Crippen LogP contribution is -2.32. The Morgan fingerprint density at radius 3 is 3.07 bits per heavy atom. The summed E-state index contributed by atoms with van der Waals surface area (Å²) in [7, 11) is 1.76. The number of likely N-dealkylation sites (N-methyl/N-ethyl adjacent to an activating group) is 1. The van der Waals surface area contributed by atoms with Gasteiger partial charge in [0, 0.05) is 18.9 Å². The summed E-state index contributed by atoms with van der Waals surface area (Å²) >= 11 is 0. The average molecular weight is 195 g/mol. The molecule has 1 aromatic rings. The van der Waals surface area contributed by atoms with Gasteiger partial charge < -0.3 is 15.6 Å². The van der Waals surface area contributed by atoms with E-state index in [4.69, 9.17) is 0 Å². The number of hydrogen-bond acceptors (Lipinski definition) is 2. The minimum atomic E-state index is 0.0570. The second kappa shape index (κ2) is 6.21. The molecule has 0 spiro atoms. The van der Waals surface area contributed by atoms with E-state index < -0.39 is 0 Å². The van der Waals surface area contributed by atoms with Crippen molar-refractivity contribution < 1.29 is 4.79 Å². The number of nitrogens with one attached hydrogen (secondary N) is 3. The van der Waals surface area contributed by atoms with E-state index in [2.05, 4.69) is 21.7 Å². The molecule has 0 saturated heterocycles. The molecule has 0 bridgehead atoms. The van der Waals surface area contributed by atoms with Crippen LogP contribution >= 0.6 is 0 Å². The van der Waals surface area contributed by atoms with Crippen molar-refractivity contribution in [2.45, 2.75) is 12.8 Å². The first-order valence-electron chi connectivity index (χ1n) is 4.86. The summed E-state index contributed by atoms with van der Waals surface area (Å²) in [5.41, 5.74) is 1.29. The molecule has 1 amide bonds. The monoisotopic (exact) mass is 195 g/mol. The van der Waals surface area contributed by atoms with E-state index in [-0.39, 0.29) is 5.91 Å². The van der Waals surface area contributed by atoms with Crippen LogP contribution < -0.4 is 10.6 Å². The number of aromatic nitrogens is 1. The van der Waals surface area contributed by atoms with Crippen LogP contribution in [0.2, 0.25) is 0 Å². The first-order valence-corrected chi connectivity index (χ1v) is 4.86. The van der Waals surface area contributed by atoms with E-state index in [0.29, 0.717) is 6.54 Å². The van der Waals surface area contributed by atoms with E-state index in [9.17, 15) is 4.79 Å². The highest BCUT2D eigenvalue weighted by Gasteiger charge is 1.97. The van der Waals surface area contributed by atoms with Crippen molar-refractivity contribution in [1.29, 1.82) is 0 Å². The van der Waals surface area contributed by atoms with Gasteiger partial charge in [0.05, 0.1) is 6.54 Å². The van der Waals surface area contributed by atoms with Crippen molar-refractivity contribution in [2.24, 2.45) is 0 Å². The van der Waals surface area contributed by atoms with Crippen LogP contribution in [0.5, 0.6) is 0 Å². The number of carbonyl (C=O) groups excluding carboxylic acids is 1. The molecule has 0 atom stereocenters. The average Bonchev–Trinajstić information content (AvgIpc) is 2.65. The van der Waals surface area contributed by atoms with E-state index in [1.807, 2.05) is 12.4 Å². The highest BCUT2D eigenvalue weighted by atomic mass is 16.1. The van der Waals surface area contributed by atoms with Gasteiger partial charge >= 0.3 is 0 Å². The minimum Gasteiger partial charge on any atom is -0.367 e. The van der Waals surface area contributed by atoms with Crippen LogP contribution in [0, 0.1) is 0 Å². The Kier molecular flexibility index (Phi) is 4.78. The highest BCUT2D eigenvalue weighted by molar-refractivity contribution is 5.77. The Balaban J connectivity index is 2.02. The maximum Gasteiger partial charge on any atom is 0.233 e. The largest absolute Gasteiger partial charge is 0.367 e. The number of aryl methyl sites for hydroxylation is 1. The van der Waals surface area contributed by atoms with Gasteiger partial charge in [-0.3, -0.25) is 4.79 Å². The number of H-pyrrole nitrogens is 1. The van der Waals surface area contributed by atoms with Gasteiger partial charge in [-0.05, 0) is 31.5 Å². The number of rotatable bonds is 6. The van der Waals surface area contributed by atoms with E-state index in [1.165, 1.54) is 5.56 Å². The molecule has 0 aliphatic heterocycles. The van der Waals surface area contributed by atoms with Crippen LogP contribution in [0.15, 0.2) is 18.5 Å². The zero-order chi connectivity index (χ0) is 10.2. The van der Waals surface area contributed by atoms with Crippen LogP contribution in [0.25, 0.3) is 0 Å². The second-order valence-electron chi connectivity index (χ2n) is 3.20. The van der Waals surface area contributed by atoms with Crippen LogP contribution in [0.4, 0.5) is 0 Å². The molecule has 1 aromatic heterocycles. The maximum absolute atomic E-state index is 11.0. The Morgan fingerprint density at radius 2 is 2.43 bits per heavy atom. The van der Waals surface area contributed by atoms with Crippen LogP contribution in [0.3, 0.4) is 0 Å². The Labute approximate surface area is 84.1 Å². The first-order chi connectivity index (χ1) is 6.83. The van der Waals surface area contributed by atoms with Gasteiger partial charge in [-0.2, -0.15) is 0 Å². The van der Waals surface area contributed by atoms with Crippen LogP contribution in [-0.2, 0) is 11.2 Å². The summed E-state index contributed by atoms with van der Waals surface area (Å²) in [5, 5.41) is 5.64. The summed E-state index contributed by atoms with van der Waals surface area (Å²) in [5.74, 6) is 0.0570. The van der Waals surface area contributed by atoms with Crippen molar-refractivity contribution in [3.8, 4) is 0 Å². The summed E-state index contributed by atoms with van der Waals surface area (Å²) in [6.45, 7) is 1.13. The molecule has 0 aliphatic rings. The van der Waals surface area contributed by atoms with Gasteiger partial charge in [0.15, 0.2) is 0 Å². The van der Waals surface area contributed by atoms with E-state index in [0.717, 1.165) is 19.4 Å². The van der Waals surface area contributed by atoms with Gasteiger partial charge in [0.2, 0.25) is 5.91 Å². The highest BCUT2D eigenvalue weighted by Crippen LogP contribution is 1.99. The molecule has 0 aliphatic carbocycles. The van der Waals surface area contributed by atoms with Gasteiger partial charge in [-0.15, -0.1) is 0 Å². The van der Waals surface area contributed by atoms with Crippen molar-refractivity contribution in [2.75, 3.05) is 20.1 Å². The summed E-state index contributed by atoms with van der Waals surface area (Å²) < 4.78 is 0. The molecule has 0 fully saturated rings. The van der Waals surface area contributed by atoms with Crippen molar-refractivity contribution in [3.05, 3.63) is 24.0 Å². The SMILES string of the molecule is CNCC(=O)NCCCc1cc[nH]c1. The smallest absolute Gasteiger partial charge is 0.233 e. The third-order valence-corrected chi connectivity index (χ3v) is 1.96. The predicted octanol–water partition coefficient (Wildman–Crippen LogP) is 0.283. The van der Waals surface area contributed by atoms with Crippen molar-refractivity contribution >= 4 is 5.91 Å². The fraction of sp³-hybridized carbons (Fsp3) is 0.500. The zero-order valence-corrected chi connectivity index (χ0v) is 8.47. The molecule has 1 rings (SSSR count). The standard InChI is InChI=1S/C10H17N3O/c1-11-8-10(14)13-5-2-3-9-4-6-12-7-9/h4,6-7,11-12H,2-3,5,8H2,1H3,(H,13,14). The van der Waals surface area contributed by atoms with Gasteiger partial charge in [0.1, 0.15) is 0 Å². The van der Waals surface area contributed by atoms with Crippen molar-refractivity contribution in [1.82, 2.24) is 15.6 Å². The first kappa shape index (κ1) is 10.8. The molecule has 4 nitrogen and oxygen atoms in total. The van der Waals surface area contributed by atoms with E-state index in [1.54, 1.807) is 7.05 Å². The Bertz CT molecular complexity index is 256. The quantitative estimate of drug-likeness (QED) is 0.571. The number of hydrogen-bond donors (Lipinski definition) is 3. The Hall–Kier alpha value is -1.29. The maximum atomic E-state index is 11.0. The zero-order valence-electron chi connectivity index (χ0n) is 8.47. The molecule has 0 unspecified atom stereocenters. The molecule has 0 saturated carbocycles. The molecule has 14 heavy (non-hydrogen) atoms. The summed E-state index contributed by atoms with van der Waals surface area (Å²) in [6, 6.07) is 2.05. The Morgan fingerprint density at radius 1 is 1.57 bits per heavy atom. The molecule has 3 N–H and O–H groups in total. The molecular weight excluding hydrogens is 178 g/mol. The van der Waals surface area contributed by atoms with Gasteiger partial charge in [-0.25, -0.2) is 0 Å². The van der Waals surface area contributed by atoms with E-state index >= 15 is 0 Å². The third kappa shape index (κ3) is 4.09. The summed E-state index contributed by atoms with van der Waals surface area (Å²) in [4.78, 5) is 14.0. The lowest BCUT2D eigenvalue weighted by molar-refractivity contribution is -0.120. The molecule has 0 radical (unpaired) electrons. The lowest BCUT2D eigenvalue weighted by atomic mass is 10.2. The predicted molar refractivity (Wildman–Crippen MR) is 56.1 cm³/mol. The fourth-order valence-corrected chi connectivity index (χ4v) is 1.26. The van der Waals surface area contributed by atoms with Crippen LogP contribution in [-0.4, -0.2) is 31.0 Å². The second-order valence-corrected chi connectivity index (χ2v) is 3.20. The topological polar surface area (TPSA) is 56.9 Å². The van der Waals surface area contributed by atoms with Gasteiger partial charge in [0.25, 0.3) is 0 Å². The van der Waals surface area contributed by atoms with Crippen molar-refractivity contribution in [3.63, 3.8) is 0 Å². The number of amides is 1. The molecule has 0 aromatic carbocycles. The molecule has 4 heteroatoms. The molecule has 1 heterocycles. The van der Waals surface area contributed by atoms with Gasteiger partial charge in [-0.1, -0.05) is 0 Å². The van der Waals surface area contributed by atoms with Crippen LogP contribution in [0.1, 0.15) is 12.0 Å². The molecule has 78 valence electrons. The normalized spacial score (nSPS) is 10.1. The number of carbonyl (C=O) groups is 1. The summed E-state index contributed by atoms with van der Waals surface area (Å²) in [6.07, 6.45) is 5.88. The molecular formula is C10H17N3O. The minimum absolute atomic E-state index is 0.0570. The third-order valence-electron chi connectivity index (χ3n) is 1.96. The number of aromatic amines is 1. The lowest BCUT2D eigenvalue weighted by Gasteiger charge is -2.03.